The molecule has 0 radical (unpaired) electrons. The van der Waals surface area contributed by atoms with Crippen LogP contribution in [-0.2, 0) is 13.1 Å². The molecule has 148 valence electrons. The molecule has 2 aromatic rings. The van der Waals surface area contributed by atoms with Crippen molar-refractivity contribution >= 4 is 47.1 Å². The van der Waals surface area contributed by atoms with E-state index < -0.39 is 0 Å². The fraction of sp³-hybridized carbons (Fsp3) is 0.474. The van der Waals surface area contributed by atoms with Crippen LogP contribution in [0.25, 0.3) is 0 Å². The van der Waals surface area contributed by atoms with Crippen LogP contribution in [0.5, 0.6) is 0 Å². The van der Waals surface area contributed by atoms with Gasteiger partial charge in [-0.2, -0.15) is 11.3 Å². The lowest BCUT2D eigenvalue weighted by molar-refractivity contribution is 0.312. The average Bonchev–Trinajstić information content (AvgIpc) is 3.19. The lowest BCUT2D eigenvalue weighted by Crippen LogP contribution is -2.45. The summed E-state index contributed by atoms with van der Waals surface area (Å²) in [6.45, 7) is 8.53. The first kappa shape index (κ1) is 21.9. The molecular formula is C19H29IN6S. The fourth-order valence-electron chi connectivity index (χ4n) is 2.94. The van der Waals surface area contributed by atoms with Crippen LogP contribution in [0, 0.1) is 0 Å². The van der Waals surface area contributed by atoms with Crippen LogP contribution >= 0.6 is 35.3 Å². The normalized spacial score (nSPS) is 15.3. The van der Waals surface area contributed by atoms with Crippen LogP contribution in [0.2, 0.25) is 0 Å². The second-order valence-corrected chi connectivity index (χ2v) is 7.24. The van der Waals surface area contributed by atoms with E-state index in [1.54, 1.807) is 11.3 Å². The number of hydrogen-bond donors (Lipinski definition) is 2. The Morgan fingerprint density at radius 1 is 1.22 bits per heavy atom. The Labute approximate surface area is 183 Å². The van der Waals surface area contributed by atoms with Gasteiger partial charge in [0.05, 0.1) is 6.54 Å². The minimum Gasteiger partial charge on any atom is -0.357 e. The van der Waals surface area contributed by atoms with Crippen LogP contribution in [0.1, 0.15) is 18.1 Å². The predicted molar refractivity (Wildman–Crippen MR) is 125 cm³/mol. The number of piperazine rings is 1. The third kappa shape index (κ3) is 6.62. The van der Waals surface area contributed by atoms with Crippen molar-refractivity contribution in [1.82, 2.24) is 20.5 Å². The van der Waals surface area contributed by atoms with Crippen LogP contribution in [0.3, 0.4) is 0 Å². The van der Waals surface area contributed by atoms with E-state index in [0.717, 1.165) is 44.5 Å². The fourth-order valence-corrected chi connectivity index (χ4v) is 3.60. The van der Waals surface area contributed by atoms with E-state index in [9.17, 15) is 0 Å². The number of aromatic nitrogens is 1. The van der Waals surface area contributed by atoms with Crippen LogP contribution in [0.15, 0.2) is 40.1 Å². The van der Waals surface area contributed by atoms with Gasteiger partial charge < -0.3 is 20.4 Å². The van der Waals surface area contributed by atoms with E-state index in [2.05, 4.69) is 67.3 Å². The zero-order valence-electron chi connectivity index (χ0n) is 16.0. The summed E-state index contributed by atoms with van der Waals surface area (Å²) in [5.41, 5.74) is 2.45. The van der Waals surface area contributed by atoms with E-state index in [1.807, 2.05) is 12.3 Å². The maximum Gasteiger partial charge on any atom is 0.191 e. The van der Waals surface area contributed by atoms with Crippen LogP contribution < -0.4 is 15.5 Å². The molecule has 1 aliphatic rings. The highest BCUT2D eigenvalue weighted by Crippen LogP contribution is 2.18. The smallest absolute Gasteiger partial charge is 0.191 e. The van der Waals surface area contributed by atoms with E-state index in [4.69, 9.17) is 0 Å². The molecule has 0 saturated carbocycles. The van der Waals surface area contributed by atoms with Gasteiger partial charge in [0.25, 0.3) is 0 Å². The monoisotopic (exact) mass is 500 g/mol. The number of nitrogens with zero attached hydrogens (tertiary/aromatic N) is 4. The molecule has 0 aliphatic carbocycles. The van der Waals surface area contributed by atoms with Crippen molar-refractivity contribution in [3.8, 4) is 0 Å². The summed E-state index contributed by atoms with van der Waals surface area (Å²) in [5.74, 6) is 1.92. The summed E-state index contributed by atoms with van der Waals surface area (Å²) in [5, 5.41) is 11.0. The van der Waals surface area contributed by atoms with Crippen LogP contribution in [0.4, 0.5) is 5.82 Å². The average molecular weight is 500 g/mol. The van der Waals surface area contributed by atoms with E-state index in [-0.39, 0.29) is 24.0 Å². The van der Waals surface area contributed by atoms with Gasteiger partial charge >= 0.3 is 0 Å². The first-order valence-electron chi connectivity index (χ1n) is 9.17. The third-order valence-electron chi connectivity index (χ3n) is 4.46. The highest BCUT2D eigenvalue weighted by atomic mass is 127. The Hall–Kier alpha value is -1.39. The van der Waals surface area contributed by atoms with Crippen LogP contribution in [-0.4, -0.2) is 55.6 Å². The summed E-state index contributed by atoms with van der Waals surface area (Å²) in [4.78, 5) is 14.1. The number of halogens is 1. The van der Waals surface area contributed by atoms with Gasteiger partial charge in [0.1, 0.15) is 5.82 Å². The molecule has 3 rings (SSSR count). The summed E-state index contributed by atoms with van der Waals surface area (Å²) >= 11 is 1.71. The summed E-state index contributed by atoms with van der Waals surface area (Å²) in [6, 6.07) is 6.27. The molecule has 1 aliphatic heterocycles. The second kappa shape index (κ2) is 11.5. The maximum atomic E-state index is 4.68. The Morgan fingerprint density at radius 3 is 2.74 bits per heavy atom. The van der Waals surface area contributed by atoms with Gasteiger partial charge in [-0.3, -0.25) is 0 Å². The maximum absolute atomic E-state index is 4.68. The molecule has 3 heterocycles. The van der Waals surface area contributed by atoms with Gasteiger partial charge in [0.15, 0.2) is 5.96 Å². The largest absolute Gasteiger partial charge is 0.357 e. The predicted octanol–water partition coefficient (Wildman–Crippen LogP) is 2.77. The third-order valence-corrected chi connectivity index (χ3v) is 5.19. The Bertz CT molecular complexity index is 698. The quantitative estimate of drug-likeness (QED) is 0.363. The summed E-state index contributed by atoms with van der Waals surface area (Å²) < 4.78 is 0. The first-order valence-corrected chi connectivity index (χ1v) is 10.1. The van der Waals surface area contributed by atoms with E-state index in [0.29, 0.717) is 13.1 Å². The molecule has 1 saturated heterocycles. The summed E-state index contributed by atoms with van der Waals surface area (Å²) in [7, 11) is 2.17. The topological polar surface area (TPSA) is 55.8 Å². The van der Waals surface area contributed by atoms with Gasteiger partial charge in [-0.1, -0.05) is 6.07 Å². The van der Waals surface area contributed by atoms with E-state index in [1.165, 1.54) is 11.1 Å². The van der Waals surface area contributed by atoms with Gasteiger partial charge in [-0.25, -0.2) is 9.98 Å². The van der Waals surface area contributed by atoms with Crippen molar-refractivity contribution in [3.05, 3.63) is 46.3 Å². The zero-order chi connectivity index (χ0) is 18.2. The van der Waals surface area contributed by atoms with Crippen molar-refractivity contribution in [1.29, 1.82) is 0 Å². The molecule has 0 aromatic carbocycles. The van der Waals surface area contributed by atoms with Gasteiger partial charge in [0, 0.05) is 51.0 Å². The molecule has 0 amide bonds. The Balaban J connectivity index is 0.00000261. The highest BCUT2D eigenvalue weighted by Gasteiger charge is 2.17. The standard InChI is InChI=1S/C19H28N6S.HI/c1-3-20-19(22-13-16-6-12-26-15-16)23-14-17-5-4-7-21-18(17)25-10-8-24(2)9-11-25;/h4-7,12,15H,3,8-11,13-14H2,1-2H3,(H2,20,22,23);1H. The molecule has 2 aromatic heterocycles. The number of aliphatic imine (C=N–C) groups is 1. The Kier molecular flexibility index (Phi) is 9.29. The number of pyridine rings is 1. The molecular weight excluding hydrogens is 471 g/mol. The molecule has 2 N–H and O–H groups in total. The number of rotatable bonds is 6. The van der Waals surface area contributed by atoms with Gasteiger partial charge in [-0.15, -0.1) is 24.0 Å². The minimum atomic E-state index is 0. The highest BCUT2D eigenvalue weighted by molar-refractivity contribution is 14.0. The number of anilines is 1. The lowest BCUT2D eigenvalue weighted by Gasteiger charge is -2.34. The molecule has 0 spiro atoms. The lowest BCUT2D eigenvalue weighted by atomic mass is 10.2. The molecule has 8 heteroatoms. The Morgan fingerprint density at radius 2 is 2.04 bits per heavy atom. The molecule has 6 nitrogen and oxygen atoms in total. The van der Waals surface area contributed by atoms with Crippen molar-refractivity contribution < 1.29 is 0 Å². The van der Waals surface area contributed by atoms with Crippen molar-refractivity contribution in [2.45, 2.75) is 20.0 Å². The number of hydrogen-bond acceptors (Lipinski definition) is 5. The molecule has 27 heavy (non-hydrogen) atoms. The summed E-state index contributed by atoms with van der Waals surface area (Å²) in [6.07, 6.45) is 1.88. The van der Waals surface area contributed by atoms with Gasteiger partial charge in [-0.05, 0) is 42.4 Å². The zero-order valence-corrected chi connectivity index (χ0v) is 19.2. The number of thiophene rings is 1. The van der Waals surface area contributed by atoms with Crippen molar-refractivity contribution in [2.24, 2.45) is 4.99 Å². The molecule has 0 bridgehead atoms. The first-order chi connectivity index (χ1) is 12.8. The molecule has 0 atom stereocenters. The minimum absolute atomic E-state index is 0. The van der Waals surface area contributed by atoms with Gasteiger partial charge in [0.2, 0.25) is 0 Å². The number of nitrogens with one attached hydrogen (secondary N) is 2. The van der Waals surface area contributed by atoms with E-state index >= 15 is 0 Å². The second-order valence-electron chi connectivity index (χ2n) is 6.46. The number of likely N-dealkylation sites (N-methyl/N-ethyl adjacent to an activating group) is 1. The molecule has 1 fully saturated rings. The van der Waals surface area contributed by atoms with Crippen molar-refractivity contribution in [3.63, 3.8) is 0 Å². The SMILES string of the molecule is CCNC(=NCc1ccsc1)NCc1cccnc1N1CCN(C)CC1.I. The number of guanidine groups is 1. The molecule has 0 unspecified atom stereocenters. The van der Waals surface area contributed by atoms with Crippen molar-refractivity contribution in [2.75, 3.05) is 44.7 Å².